The van der Waals surface area contributed by atoms with Crippen molar-refractivity contribution in [3.8, 4) is 0 Å². The fraction of sp³-hybridized carbons (Fsp3) is 0.188. The first-order valence-electron chi connectivity index (χ1n) is 6.74. The van der Waals surface area contributed by atoms with E-state index in [1.807, 2.05) is 18.5 Å². The van der Waals surface area contributed by atoms with Crippen LogP contribution in [0.4, 0.5) is 0 Å². The Bertz CT molecular complexity index is 665. The van der Waals surface area contributed by atoms with Gasteiger partial charge in [0.05, 0.1) is 10.4 Å². The Morgan fingerprint density at radius 1 is 1.10 bits per heavy atom. The van der Waals surface area contributed by atoms with Crippen molar-refractivity contribution >= 4 is 34.3 Å². The van der Waals surface area contributed by atoms with Gasteiger partial charge in [-0.2, -0.15) is 0 Å². The van der Waals surface area contributed by atoms with E-state index in [0.717, 1.165) is 17.3 Å². The van der Waals surface area contributed by atoms with Crippen LogP contribution in [0, 0.1) is 0 Å². The fourth-order valence-corrected chi connectivity index (χ4v) is 4.24. The summed E-state index contributed by atoms with van der Waals surface area (Å²) in [7, 11) is 0. The second-order valence-corrected chi connectivity index (χ2v) is 7.38. The number of nitrogens with zero attached hydrogens (tertiary/aromatic N) is 1. The molecule has 0 fully saturated rings. The molecular formula is C16H15ClN2S2. The lowest BCUT2D eigenvalue weighted by atomic mass is 10.1. The molecule has 3 aromatic rings. The fourth-order valence-electron chi connectivity index (χ4n) is 2.19. The third-order valence-corrected chi connectivity index (χ3v) is 5.45. The van der Waals surface area contributed by atoms with Gasteiger partial charge in [-0.3, -0.25) is 4.98 Å². The largest absolute Gasteiger partial charge is 0.305 e. The Balaban J connectivity index is 1.68. The van der Waals surface area contributed by atoms with Gasteiger partial charge in [-0.25, -0.2) is 0 Å². The van der Waals surface area contributed by atoms with Crippen LogP contribution in [0.2, 0.25) is 4.34 Å². The van der Waals surface area contributed by atoms with Gasteiger partial charge in [-0.05, 0) is 47.7 Å². The summed E-state index contributed by atoms with van der Waals surface area (Å²) in [5, 5.41) is 5.76. The van der Waals surface area contributed by atoms with E-state index in [1.165, 1.54) is 15.3 Å². The van der Waals surface area contributed by atoms with Gasteiger partial charge in [0, 0.05) is 28.7 Å². The van der Waals surface area contributed by atoms with Crippen LogP contribution in [0.1, 0.15) is 21.4 Å². The third kappa shape index (κ3) is 3.92. The molecule has 2 nitrogen and oxygen atoms in total. The molecule has 0 aromatic carbocycles. The van der Waals surface area contributed by atoms with Crippen LogP contribution >= 0.6 is 34.3 Å². The topological polar surface area (TPSA) is 24.9 Å². The van der Waals surface area contributed by atoms with E-state index in [1.54, 1.807) is 22.7 Å². The zero-order valence-electron chi connectivity index (χ0n) is 11.3. The molecule has 3 aromatic heterocycles. The maximum Gasteiger partial charge on any atom is 0.0931 e. The number of thiophene rings is 2. The summed E-state index contributed by atoms with van der Waals surface area (Å²) < 4.78 is 0.836. The lowest BCUT2D eigenvalue weighted by Crippen LogP contribution is -2.23. The Kier molecular flexibility index (Phi) is 5.04. The number of halogens is 1. The normalized spacial score (nSPS) is 12.4. The smallest absolute Gasteiger partial charge is 0.0931 e. The zero-order chi connectivity index (χ0) is 14.5. The van der Waals surface area contributed by atoms with Gasteiger partial charge in [-0.1, -0.05) is 17.7 Å². The summed E-state index contributed by atoms with van der Waals surface area (Å²) >= 11 is 9.50. The molecule has 5 heteroatoms. The lowest BCUT2D eigenvalue weighted by Gasteiger charge is -2.16. The van der Waals surface area contributed by atoms with Crippen molar-refractivity contribution in [1.82, 2.24) is 10.3 Å². The average molecular weight is 335 g/mol. The van der Waals surface area contributed by atoms with Crippen molar-refractivity contribution in [2.24, 2.45) is 0 Å². The van der Waals surface area contributed by atoms with Gasteiger partial charge in [0.2, 0.25) is 0 Å². The number of rotatable bonds is 6. The van der Waals surface area contributed by atoms with E-state index >= 15 is 0 Å². The number of nitrogens with one attached hydrogen (secondary N) is 1. The monoisotopic (exact) mass is 334 g/mol. The molecule has 0 aliphatic carbocycles. The first-order chi connectivity index (χ1) is 10.3. The van der Waals surface area contributed by atoms with E-state index < -0.39 is 0 Å². The van der Waals surface area contributed by atoms with Crippen LogP contribution in [0.5, 0.6) is 0 Å². The first-order valence-corrected chi connectivity index (χ1v) is 8.81. The molecule has 0 aliphatic rings. The summed E-state index contributed by atoms with van der Waals surface area (Å²) in [5.74, 6) is 0. The maximum atomic E-state index is 6.08. The molecule has 108 valence electrons. The molecule has 0 aliphatic heterocycles. The summed E-state index contributed by atoms with van der Waals surface area (Å²) in [6.45, 7) is 0.919. The van der Waals surface area contributed by atoms with Gasteiger partial charge in [0.15, 0.2) is 0 Å². The number of hydrogen-bond acceptors (Lipinski definition) is 4. The highest BCUT2D eigenvalue weighted by molar-refractivity contribution is 7.16. The van der Waals surface area contributed by atoms with Gasteiger partial charge in [0.25, 0.3) is 0 Å². The van der Waals surface area contributed by atoms with Crippen molar-refractivity contribution in [1.29, 1.82) is 0 Å². The molecule has 21 heavy (non-hydrogen) atoms. The average Bonchev–Trinajstić information content (AvgIpc) is 3.16. The van der Waals surface area contributed by atoms with Crippen molar-refractivity contribution < 1.29 is 0 Å². The van der Waals surface area contributed by atoms with E-state index in [4.69, 9.17) is 11.6 Å². The highest BCUT2D eigenvalue weighted by atomic mass is 35.5. The Hall–Kier alpha value is -1.20. The van der Waals surface area contributed by atoms with Crippen LogP contribution in [0.25, 0.3) is 0 Å². The second kappa shape index (κ2) is 7.18. The summed E-state index contributed by atoms with van der Waals surface area (Å²) in [6, 6.07) is 12.7. The predicted molar refractivity (Wildman–Crippen MR) is 91.4 cm³/mol. The molecule has 1 atom stereocenters. The van der Waals surface area contributed by atoms with Crippen LogP contribution in [-0.2, 0) is 6.42 Å². The molecule has 0 spiro atoms. The highest BCUT2D eigenvalue weighted by Gasteiger charge is 2.16. The minimum atomic E-state index is 0.226. The van der Waals surface area contributed by atoms with Crippen molar-refractivity contribution in [2.75, 3.05) is 6.54 Å². The van der Waals surface area contributed by atoms with Crippen molar-refractivity contribution in [3.63, 3.8) is 0 Å². The molecule has 3 heterocycles. The zero-order valence-corrected chi connectivity index (χ0v) is 13.7. The molecule has 1 N–H and O–H groups in total. The van der Waals surface area contributed by atoms with E-state index in [-0.39, 0.29) is 6.04 Å². The number of aromatic nitrogens is 1. The van der Waals surface area contributed by atoms with Gasteiger partial charge in [0.1, 0.15) is 0 Å². The summed E-state index contributed by atoms with van der Waals surface area (Å²) in [5.41, 5.74) is 1.30. The Morgan fingerprint density at radius 2 is 1.95 bits per heavy atom. The minimum Gasteiger partial charge on any atom is -0.305 e. The summed E-state index contributed by atoms with van der Waals surface area (Å²) in [4.78, 5) is 6.63. The first kappa shape index (κ1) is 14.7. The molecule has 0 radical (unpaired) electrons. The summed E-state index contributed by atoms with van der Waals surface area (Å²) in [6.07, 6.45) is 4.67. The second-order valence-electron chi connectivity index (χ2n) is 4.65. The SMILES string of the molecule is Clc1ccc(C(NCCc2ccncc2)c2cccs2)s1. The molecule has 0 bridgehead atoms. The van der Waals surface area contributed by atoms with E-state index in [0.29, 0.717) is 0 Å². The molecular weight excluding hydrogens is 320 g/mol. The molecule has 3 rings (SSSR count). The van der Waals surface area contributed by atoms with Crippen LogP contribution < -0.4 is 5.32 Å². The van der Waals surface area contributed by atoms with Crippen LogP contribution in [0.15, 0.2) is 54.2 Å². The number of hydrogen-bond donors (Lipinski definition) is 1. The van der Waals surface area contributed by atoms with E-state index in [9.17, 15) is 0 Å². The molecule has 0 saturated heterocycles. The quantitative estimate of drug-likeness (QED) is 0.701. The molecule has 0 amide bonds. The number of pyridine rings is 1. The van der Waals surface area contributed by atoms with Crippen LogP contribution in [-0.4, -0.2) is 11.5 Å². The van der Waals surface area contributed by atoms with Gasteiger partial charge >= 0.3 is 0 Å². The van der Waals surface area contributed by atoms with E-state index in [2.05, 4.69) is 46.0 Å². The highest BCUT2D eigenvalue weighted by Crippen LogP contribution is 2.32. The Morgan fingerprint density at radius 3 is 2.62 bits per heavy atom. The predicted octanol–water partition coefficient (Wildman–Crippen LogP) is 4.78. The maximum absolute atomic E-state index is 6.08. The minimum absolute atomic E-state index is 0.226. The molecule has 1 unspecified atom stereocenters. The van der Waals surface area contributed by atoms with Crippen molar-refractivity contribution in [2.45, 2.75) is 12.5 Å². The van der Waals surface area contributed by atoms with Gasteiger partial charge in [-0.15, -0.1) is 22.7 Å². The lowest BCUT2D eigenvalue weighted by molar-refractivity contribution is 0.621. The third-order valence-electron chi connectivity index (χ3n) is 3.22. The van der Waals surface area contributed by atoms with Gasteiger partial charge < -0.3 is 5.32 Å². The standard InChI is InChI=1S/C16H15ClN2S2/c17-15-4-3-14(21-15)16(13-2-1-11-20-13)19-10-7-12-5-8-18-9-6-12/h1-6,8-9,11,16,19H,7,10H2. The van der Waals surface area contributed by atoms with Crippen molar-refractivity contribution in [3.05, 3.63) is 73.8 Å². The molecule has 0 saturated carbocycles. The Labute approximate surface area is 137 Å². The van der Waals surface area contributed by atoms with Crippen LogP contribution in [0.3, 0.4) is 0 Å².